The molecule has 0 bridgehead atoms. The molecule has 1 aromatic carbocycles. The monoisotopic (exact) mass is 309 g/mol. The lowest BCUT2D eigenvalue weighted by molar-refractivity contribution is 0.600. The van der Waals surface area contributed by atoms with Crippen molar-refractivity contribution in [1.29, 1.82) is 5.26 Å². The minimum absolute atomic E-state index is 0.153. The molecular weight excluding hydrogens is 297 g/mol. The summed E-state index contributed by atoms with van der Waals surface area (Å²) in [4.78, 5) is -0.196. The number of hydrogen-bond acceptors (Lipinski definition) is 5. The first kappa shape index (κ1) is 14.8. The zero-order valence-electron chi connectivity index (χ0n) is 11.3. The molecule has 0 saturated carbocycles. The molecule has 0 spiro atoms. The van der Waals surface area contributed by atoms with Gasteiger partial charge in [-0.15, -0.1) is 0 Å². The van der Waals surface area contributed by atoms with Crippen molar-refractivity contribution >= 4 is 21.5 Å². The molecular formula is C12H12FN5O2S. The summed E-state index contributed by atoms with van der Waals surface area (Å²) in [5.41, 5.74) is 5.38. The van der Waals surface area contributed by atoms with Crippen LogP contribution in [-0.4, -0.2) is 18.2 Å². The number of nitrogen functional groups attached to an aromatic ring is 1. The molecule has 21 heavy (non-hydrogen) atoms. The Balaban J connectivity index is 2.53. The normalized spacial score (nSPS) is 11.1. The third-order valence-electron chi connectivity index (χ3n) is 2.94. The summed E-state index contributed by atoms with van der Waals surface area (Å²) in [6.45, 7) is 1.54. The number of aromatic nitrogens is 2. The van der Waals surface area contributed by atoms with E-state index < -0.39 is 15.8 Å². The first-order valence-electron chi connectivity index (χ1n) is 5.78. The van der Waals surface area contributed by atoms with Crippen LogP contribution in [0.25, 0.3) is 0 Å². The number of halogens is 1. The molecule has 9 heteroatoms. The van der Waals surface area contributed by atoms with E-state index in [0.717, 1.165) is 6.07 Å². The lowest BCUT2D eigenvalue weighted by Gasteiger charge is -2.09. The maximum absolute atomic E-state index is 13.5. The van der Waals surface area contributed by atoms with Gasteiger partial charge in [0.1, 0.15) is 17.4 Å². The maximum atomic E-state index is 13.5. The zero-order chi connectivity index (χ0) is 15.8. The van der Waals surface area contributed by atoms with E-state index >= 15 is 0 Å². The smallest absolute Gasteiger partial charge is 0.267 e. The zero-order valence-corrected chi connectivity index (χ0v) is 12.1. The van der Waals surface area contributed by atoms with Gasteiger partial charge in [-0.25, -0.2) is 12.8 Å². The number of nitrogens with zero attached hydrogens (tertiary/aromatic N) is 3. The number of nitriles is 1. The van der Waals surface area contributed by atoms with E-state index in [1.807, 2.05) is 0 Å². The average molecular weight is 309 g/mol. The second-order valence-electron chi connectivity index (χ2n) is 4.30. The van der Waals surface area contributed by atoms with Crippen LogP contribution in [0.5, 0.6) is 0 Å². The van der Waals surface area contributed by atoms with Gasteiger partial charge in [-0.3, -0.25) is 9.40 Å². The van der Waals surface area contributed by atoms with Gasteiger partial charge in [-0.2, -0.15) is 10.4 Å². The van der Waals surface area contributed by atoms with Crippen LogP contribution in [0.15, 0.2) is 23.1 Å². The Morgan fingerprint density at radius 1 is 1.48 bits per heavy atom. The van der Waals surface area contributed by atoms with Crippen molar-refractivity contribution in [2.24, 2.45) is 7.05 Å². The number of rotatable bonds is 3. The second-order valence-corrected chi connectivity index (χ2v) is 5.92. The first-order valence-corrected chi connectivity index (χ1v) is 7.26. The highest BCUT2D eigenvalue weighted by atomic mass is 32.2. The highest BCUT2D eigenvalue weighted by Crippen LogP contribution is 2.26. The number of sulfonamides is 1. The van der Waals surface area contributed by atoms with Crippen molar-refractivity contribution in [3.8, 4) is 6.07 Å². The molecule has 3 N–H and O–H groups in total. The Kier molecular flexibility index (Phi) is 3.57. The van der Waals surface area contributed by atoms with Gasteiger partial charge in [0.25, 0.3) is 10.0 Å². The van der Waals surface area contributed by atoms with E-state index in [1.165, 1.54) is 23.7 Å². The fraction of sp³-hybridized carbons (Fsp3) is 0.167. The summed E-state index contributed by atoms with van der Waals surface area (Å²) >= 11 is 0. The summed E-state index contributed by atoms with van der Waals surface area (Å²) < 4.78 is 41.7. The molecule has 1 aromatic heterocycles. The van der Waals surface area contributed by atoms with Crippen molar-refractivity contribution in [1.82, 2.24) is 9.78 Å². The molecule has 1 heterocycles. The van der Waals surface area contributed by atoms with E-state index in [4.69, 9.17) is 11.0 Å². The fourth-order valence-corrected chi connectivity index (χ4v) is 3.26. The lowest BCUT2D eigenvalue weighted by Crippen LogP contribution is -2.16. The highest BCUT2D eigenvalue weighted by Gasteiger charge is 2.26. The number of hydrogen-bond donors (Lipinski definition) is 2. The van der Waals surface area contributed by atoms with Crippen LogP contribution >= 0.6 is 0 Å². The van der Waals surface area contributed by atoms with E-state index in [2.05, 4.69) is 9.82 Å². The average Bonchev–Trinajstić information content (AvgIpc) is 2.63. The number of nitrogens with two attached hydrogens (primary N) is 1. The number of anilines is 2. The third-order valence-corrected chi connectivity index (χ3v) is 4.47. The van der Waals surface area contributed by atoms with Crippen LogP contribution in [0.3, 0.4) is 0 Å². The van der Waals surface area contributed by atoms with Crippen LogP contribution in [0.4, 0.5) is 15.9 Å². The number of benzene rings is 1. The van der Waals surface area contributed by atoms with Crippen molar-refractivity contribution in [3.05, 3.63) is 35.3 Å². The maximum Gasteiger partial charge on any atom is 0.267 e. The molecule has 0 aliphatic carbocycles. The van der Waals surface area contributed by atoms with Gasteiger partial charge < -0.3 is 5.73 Å². The molecule has 0 atom stereocenters. The Labute approximate surface area is 120 Å². The van der Waals surface area contributed by atoms with Crippen molar-refractivity contribution in [2.75, 3.05) is 10.5 Å². The molecule has 0 radical (unpaired) electrons. The molecule has 0 unspecified atom stereocenters. The Morgan fingerprint density at radius 2 is 2.14 bits per heavy atom. The van der Waals surface area contributed by atoms with Crippen LogP contribution in [0.1, 0.15) is 11.3 Å². The van der Waals surface area contributed by atoms with Crippen molar-refractivity contribution < 1.29 is 12.8 Å². The standard InChI is InChI=1S/C12H12FN5O2S/c1-7-11(12(15)16-18(7)2)21(19,20)17-10-5-3-4-9(13)8(10)6-14/h3-5,17H,1-2H3,(H2,15,16). The predicted molar refractivity (Wildman–Crippen MR) is 74.3 cm³/mol. The Morgan fingerprint density at radius 3 is 2.67 bits per heavy atom. The van der Waals surface area contributed by atoms with Crippen molar-refractivity contribution in [2.45, 2.75) is 11.8 Å². The third kappa shape index (κ3) is 2.53. The molecule has 0 aliphatic rings. The van der Waals surface area contributed by atoms with Gasteiger partial charge in [0.05, 0.1) is 11.4 Å². The molecule has 2 aromatic rings. The fourth-order valence-electron chi connectivity index (χ4n) is 1.87. The van der Waals surface area contributed by atoms with Gasteiger partial charge in [-0.05, 0) is 19.1 Å². The minimum atomic E-state index is -4.08. The molecule has 0 aliphatic heterocycles. The predicted octanol–water partition coefficient (Wildman–Crippen LogP) is 1.12. The van der Waals surface area contributed by atoms with Gasteiger partial charge >= 0.3 is 0 Å². The molecule has 0 amide bonds. The van der Waals surface area contributed by atoms with Gasteiger partial charge in [0.2, 0.25) is 0 Å². The van der Waals surface area contributed by atoms with Crippen LogP contribution in [-0.2, 0) is 17.1 Å². The van der Waals surface area contributed by atoms with E-state index in [1.54, 1.807) is 13.1 Å². The van der Waals surface area contributed by atoms with Crippen LogP contribution in [0, 0.1) is 24.1 Å². The first-order chi connectivity index (χ1) is 9.77. The SMILES string of the molecule is Cc1c(S(=O)(=O)Nc2cccc(F)c2C#N)c(N)nn1C. The number of nitrogens with one attached hydrogen (secondary N) is 1. The molecule has 110 valence electrons. The van der Waals surface area contributed by atoms with E-state index in [0.29, 0.717) is 5.69 Å². The van der Waals surface area contributed by atoms with Crippen molar-refractivity contribution in [3.63, 3.8) is 0 Å². The minimum Gasteiger partial charge on any atom is -0.381 e. The van der Waals surface area contributed by atoms with E-state index in [9.17, 15) is 12.8 Å². The summed E-state index contributed by atoms with van der Waals surface area (Å²) in [5, 5.41) is 12.7. The van der Waals surface area contributed by atoms with E-state index in [-0.39, 0.29) is 22.0 Å². The Hall–Kier alpha value is -2.60. The molecule has 0 saturated heterocycles. The number of aryl methyl sites for hydroxylation is 1. The van der Waals surface area contributed by atoms with Crippen LogP contribution in [0.2, 0.25) is 0 Å². The van der Waals surface area contributed by atoms with Gasteiger partial charge in [-0.1, -0.05) is 6.07 Å². The molecule has 0 fully saturated rings. The molecule has 7 nitrogen and oxygen atoms in total. The summed E-state index contributed by atoms with van der Waals surface area (Å²) in [7, 11) is -2.53. The second kappa shape index (κ2) is 5.06. The summed E-state index contributed by atoms with van der Waals surface area (Å²) in [5.74, 6) is -0.981. The lowest BCUT2D eigenvalue weighted by atomic mass is 10.2. The highest BCUT2D eigenvalue weighted by molar-refractivity contribution is 7.93. The van der Waals surface area contributed by atoms with Gasteiger partial charge in [0.15, 0.2) is 10.7 Å². The summed E-state index contributed by atoms with van der Waals surface area (Å²) in [6.07, 6.45) is 0. The summed E-state index contributed by atoms with van der Waals surface area (Å²) in [6, 6.07) is 5.28. The topological polar surface area (TPSA) is 114 Å². The van der Waals surface area contributed by atoms with Crippen LogP contribution < -0.4 is 10.5 Å². The Bertz CT molecular complexity index is 851. The largest absolute Gasteiger partial charge is 0.381 e. The quantitative estimate of drug-likeness (QED) is 0.882. The molecule has 2 rings (SSSR count). The van der Waals surface area contributed by atoms with Gasteiger partial charge in [0, 0.05) is 7.05 Å².